The number of allylic oxidation sites excluding steroid dienone is 1. The molecule has 1 aromatic heterocycles. The zero-order chi connectivity index (χ0) is 15.7. The number of hydrogen-bond acceptors (Lipinski definition) is 2. The number of imidazole rings is 1. The van der Waals surface area contributed by atoms with Crippen LogP contribution < -0.4 is 0 Å². The molecule has 0 aliphatic carbocycles. The normalized spacial score (nSPS) is 11.6. The second-order valence-corrected chi connectivity index (χ2v) is 6.59. The van der Waals surface area contributed by atoms with Crippen LogP contribution in [0.3, 0.4) is 0 Å². The van der Waals surface area contributed by atoms with Crippen LogP contribution in [0.25, 0.3) is 22.7 Å². The highest BCUT2D eigenvalue weighted by Gasteiger charge is 2.09. The van der Waals surface area contributed by atoms with Crippen molar-refractivity contribution in [1.82, 2.24) is 9.97 Å². The van der Waals surface area contributed by atoms with Crippen molar-refractivity contribution in [2.45, 2.75) is 6.92 Å². The maximum Gasteiger partial charge on any atom is 0.149 e. The van der Waals surface area contributed by atoms with E-state index in [1.165, 1.54) is 0 Å². The summed E-state index contributed by atoms with van der Waals surface area (Å²) >= 11 is 7.05. The molecule has 0 saturated heterocycles. The molecule has 5 heteroatoms. The Bertz CT molecular complexity index is 876. The van der Waals surface area contributed by atoms with Gasteiger partial charge in [-0.2, -0.15) is 5.26 Å². The highest BCUT2D eigenvalue weighted by Crippen LogP contribution is 2.28. The van der Waals surface area contributed by atoms with Gasteiger partial charge in [0.05, 0.1) is 16.6 Å². The number of H-pyrrole nitrogens is 1. The molecule has 0 aliphatic rings. The van der Waals surface area contributed by atoms with Crippen LogP contribution in [0, 0.1) is 18.3 Å². The molecule has 0 atom stereocenters. The van der Waals surface area contributed by atoms with Crippen molar-refractivity contribution >= 4 is 54.5 Å². The minimum Gasteiger partial charge on any atom is -0.337 e. The van der Waals surface area contributed by atoms with Crippen LogP contribution in [-0.4, -0.2) is 9.97 Å². The zero-order valence-electron chi connectivity index (χ0n) is 11.7. The predicted octanol–water partition coefficient (Wildman–Crippen LogP) is 5.46. The van der Waals surface area contributed by atoms with Gasteiger partial charge in [0.15, 0.2) is 0 Å². The number of rotatable bonds is 2. The zero-order valence-corrected chi connectivity index (χ0v) is 14.9. The Kier molecular flexibility index (Phi) is 4.14. The molecular weight excluding hydrogens is 406 g/mol. The fourth-order valence-corrected chi connectivity index (χ4v) is 3.37. The Hall–Kier alpha value is -1.90. The molecule has 1 N–H and O–H groups in total. The summed E-state index contributed by atoms with van der Waals surface area (Å²) in [4.78, 5) is 7.65. The van der Waals surface area contributed by atoms with E-state index in [0.717, 1.165) is 31.1 Å². The first kappa shape index (κ1) is 15.0. The van der Waals surface area contributed by atoms with Crippen molar-refractivity contribution in [3.63, 3.8) is 0 Å². The van der Waals surface area contributed by atoms with E-state index in [1.807, 2.05) is 49.4 Å². The van der Waals surface area contributed by atoms with Crippen molar-refractivity contribution < 1.29 is 0 Å². The molecule has 0 unspecified atom stereocenters. The molecule has 3 rings (SSSR count). The fraction of sp³-hybridized carbons (Fsp3) is 0.0588. The van der Waals surface area contributed by atoms with E-state index >= 15 is 0 Å². The van der Waals surface area contributed by atoms with E-state index in [-0.39, 0.29) is 0 Å². The highest BCUT2D eigenvalue weighted by atomic mass is 79.9. The van der Waals surface area contributed by atoms with Gasteiger partial charge in [0.2, 0.25) is 0 Å². The molecule has 22 heavy (non-hydrogen) atoms. The Morgan fingerprint density at radius 1 is 1.23 bits per heavy atom. The molecule has 0 spiro atoms. The van der Waals surface area contributed by atoms with Gasteiger partial charge in [0, 0.05) is 8.95 Å². The lowest BCUT2D eigenvalue weighted by molar-refractivity contribution is 1.27. The first-order valence-corrected chi connectivity index (χ1v) is 8.19. The third-order valence-corrected chi connectivity index (χ3v) is 5.03. The number of nitrogens with one attached hydrogen (secondary N) is 1. The molecule has 0 fully saturated rings. The Morgan fingerprint density at radius 2 is 1.91 bits per heavy atom. The van der Waals surface area contributed by atoms with Crippen LogP contribution in [0.4, 0.5) is 0 Å². The van der Waals surface area contributed by atoms with Crippen LogP contribution in [-0.2, 0) is 0 Å². The molecule has 0 bridgehead atoms. The maximum absolute atomic E-state index is 9.46. The van der Waals surface area contributed by atoms with Crippen LogP contribution in [0.15, 0.2) is 45.3 Å². The van der Waals surface area contributed by atoms with Crippen LogP contribution >= 0.6 is 31.9 Å². The lowest BCUT2D eigenvalue weighted by Gasteiger charge is -2.04. The number of hydrogen-bond donors (Lipinski definition) is 1. The number of fused-ring (bicyclic) bond motifs is 1. The topological polar surface area (TPSA) is 52.5 Å². The van der Waals surface area contributed by atoms with Gasteiger partial charge in [-0.1, -0.05) is 44.0 Å². The summed E-state index contributed by atoms with van der Waals surface area (Å²) in [5.41, 5.74) is 4.33. The predicted molar refractivity (Wildman–Crippen MR) is 96.2 cm³/mol. The molecule has 0 amide bonds. The third-order valence-electron chi connectivity index (χ3n) is 3.38. The summed E-state index contributed by atoms with van der Waals surface area (Å²) in [7, 11) is 0. The Morgan fingerprint density at radius 3 is 2.55 bits per heavy atom. The molecule has 0 saturated carbocycles. The fourth-order valence-electron chi connectivity index (χ4n) is 2.15. The van der Waals surface area contributed by atoms with E-state index in [4.69, 9.17) is 0 Å². The quantitative estimate of drug-likeness (QED) is 0.563. The van der Waals surface area contributed by atoms with Crippen molar-refractivity contribution in [3.8, 4) is 6.07 Å². The summed E-state index contributed by atoms with van der Waals surface area (Å²) in [6.07, 6.45) is 1.83. The second-order valence-electron chi connectivity index (χ2n) is 4.88. The van der Waals surface area contributed by atoms with E-state index in [2.05, 4.69) is 47.9 Å². The minimum atomic E-state index is 0.499. The third kappa shape index (κ3) is 2.85. The van der Waals surface area contributed by atoms with E-state index in [0.29, 0.717) is 11.4 Å². The van der Waals surface area contributed by atoms with Gasteiger partial charge in [0.1, 0.15) is 11.9 Å². The molecule has 0 radical (unpaired) electrons. The number of aromatic amines is 1. The second kappa shape index (κ2) is 6.07. The molecule has 3 nitrogen and oxygen atoms in total. The summed E-state index contributed by atoms with van der Waals surface area (Å²) in [5, 5.41) is 9.46. The standard InChI is InChI=1S/C17H11Br2N3/c1-10-13(18)7-11(8-14(10)19)6-12(9-20)17-21-15-4-2-3-5-16(15)22-17/h2-8H,1H3,(H,21,22)/b12-6-. The summed E-state index contributed by atoms with van der Waals surface area (Å²) in [6.45, 7) is 2.02. The van der Waals surface area contributed by atoms with Crippen molar-refractivity contribution in [1.29, 1.82) is 5.26 Å². The van der Waals surface area contributed by atoms with E-state index < -0.39 is 0 Å². The van der Waals surface area contributed by atoms with Gasteiger partial charge in [-0.15, -0.1) is 0 Å². The molecule has 3 aromatic rings. The van der Waals surface area contributed by atoms with Gasteiger partial charge in [-0.25, -0.2) is 4.98 Å². The number of aromatic nitrogens is 2. The van der Waals surface area contributed by atoms with Crippen molar-refractivity contribution in [2.75, 3.05) is 0 Å². The number of nitrogens with zero attached hydrogens (tertiary/aromatic N) is 2. The van der Waals surface area contributed by atoms with Crippen LogP contribution in [0.5, 0.6) is 0 Å². The summed E-state index contributed by atoms with van der Waals surface area (Å²) < 4.78 is 1.99. The smallest absolute Gasteiger partial charge is 0.149 e. The first-order valence-electron chi connectivity index (χ1n) is 6.61. The van der Waals surface area contributed by atoms with Gasteiger partial charge in [-0.05, 0) is 48.4 Å². The largest absolute Gasteiger partial charge is 0.337 e. The average Bonchev–Trinajstić information content (AvgIpc) is 2.93. The average molecular weight is 417 g/mol. The molecule has 1 heterocycles. The Balaban J connectivity index is 2.09. The monoisotopic (exact) mass is 415 g/mol. The van der Waals surface area contributed by atoms with Gasteiger partial charge >= 0.3 is 0 Å². The van der Waals surface area contributed by atoms with E-state index in [9.17, 15) is 5.26 Å². The first-order chi connectivity index (χ1) is 10.6. The van der Waals surface area contributed by atoms with Gasteiger partial charge < -0.3 is 4.98 Å². The van der Waals surface area contributed by atoms with E-state index in [1.54, 1.807) is 0 Å². The SMILES string of the molecule is Cc1c(Br)cc(/C=C(/C#N)c2nc3ccccc3[nH]2)cc1Br. The summed E-state index contributed by atoms with van der Waals surface area (Å²) in [6, 6.07) is 13.9. The van der Waals surface area contributed by atoms with Crippen molar-refractivity contribution in [2.24, 2.45) is 0 Å². The summed E-state index contributed by atoms with van der Waals surface area (Å²) in [5.74, 6) is 0.580. The lowest BCUT2D eigenvalue weighted by Crippen LogP contribution is -1.86. The highest BCUT2D eigenvalue weighted by molar-refractivity contribution is 9.11. The molecular formula is C17H11Br2N3. The molecule has 0 aliphatic heterocycles. The number of para-hydroxylation sites is 2. The van der Waals surface area contributed by atoms with Gasteiger partial charge in [0.25, 0.3) is 0 Å². The van der Waals surface area contributed by atoms with Crippen molar-refractivity contribution in [3.05, 3.63) is 62.3 Å². The van der Waals surface area contributed by atoms with Crippen LogP contribution in [0.1, 0.15) is 17.0 Å². The minimum absolute atomic E-state index is 0.499. The van der Waals surface area contributed by atoms with Crippen LogP contribution in [0.2, 0.25) is 0 Å². The lowest BCUT2D eigenvalue weighted by atomic mass is 10.1. The van der Waals surface area contributed by atoms with Gasteiger partial charge in [-0.3, -0.25) is 0 Å². The Labute approximate surface area is 144 Å². The molecule has 108 valence electrons. The number of nitriles is 1. The molecule has 2 aromatic carbocycles. The number of benzene rings is 2. The number of halogens is 2. The maximum atomic E-state index is 9.46.